The van der Waals surface area contributed by atoms with Crippen LogP contribution in [0.2, 0.25) is 5.02 Å². The van der Waals surface area contributed by atoms with Gasteiger partial charge in [0.05, 0.1) is 16.9 Å². The Labute approximate surface area is 268 Å². The maximum absolute atomic E-state index is 12.8. The molecule has 0 amide bonds. The number of benzene rings is 2. The highest BCUT2D eigenvalue weighted by Crippen LogP contribution is 2.41. The van der Waals surface area contributed by atoms with Gasteiger partial charge in [-0.1, -0.05) is 55.0 Å². The number of aromatic nitrogens is 3. The zero-order chi connectivity index (χ0) is 31.9. The fourth-order valence-electron chi connectivity index (χ4n) is 6.11. The van der Waals surface area contributed by atoms with Crippen molar-refractivity contribution in [3.8, 4) is 28.1 Å². The fourth-order valence-corrected chi connectivity index (χ4v) is 6.28. The maximum atomic E-state index is 12.8. The van der Waals surface area contributed by atoms with Gasteiger partial charge in [-0.2, -0.15) is 9.61 Å². The van der Waals surface area contributed by atoms with Crippen LogP contribution in [0.3, 0.4) is 0 Å². The molecule has 0 radical (unpaired) electrons. The highest BCUT2D eigenvalue weighted by molar-refractivity contribution is 6.31. The van der Waals surface area contributed by atoms with Gasteiger partial charge in [0, 0.05) is 41.0 Å². The number of piperidine rings is 1. The number of nitrogens with zero attached hydrogens (tertiary/aromatic N) is 4. The summed E-state index contributed by atoms with van der Waals surface area (Å²) in [6.45, 7) is 11.6. The Balaban J connectivity index is 1.57. The molecule has 234 valence electrons. The second-order valence-electron chi connectivity index (χ2n) is 13.1. The topological polar surface area (TPSA) is 89.2 Å². The van der Waals surface area contributed by atoms with Gasteiger partial charge in [0.25, 0.3) is 0 Å². The third kappa shape index (κ3) is 6.49. The standard InChI is InChI=1S/C36H39ClN4O4/c1-23-31(32(34(42)43)45-35(2,3)4)33-40-17-15-36(5,16-18-40)14-7-6-8-19-44-29-13-12-26(37)21-27(29)24-10-9-11-25(20-24)28-22-30(38-23)41(33)39-28/h6-14,20-22,32H,15-19H2,1-5H3,(H,42,43). The highest BCUT2D eigenvalue weighted by Gasteiger charge is 2.37. The fraction of sp³-hybridized carbons (Fsp3) is 0.361. The number of carboxylic acids is 1. The number of anilines is 1. The highest BCUT2D eigenvalue weighted by atomic mass is 35.5. The number of aryl methyl sites for hydroxylation is 1. The summed E-state index contributed by atoms with van der Waals surface area (Å²) in [6, 6.07) is 15.7. The van der Waals surface area contributed by atoms with Crippen molar-refractivity contribution in [2.75, 3.05) is 24.6 Å². The predicted molar refractivity (Wildman–Crippen MR) is 178 cm³/mol. The van der Waals surface area contributed by atoms with E-state index in [9.17, 15) is 9.90 Å². The second kappa shape index (κ2) is 12.0. The van der Waals surface area contributed by atoms with Crippen molar-refractivity contribution in [3.63, 3.8) is 0 Å². The summed E-state index contributed by atoms with van der Waals surface area (Å²) in [6.07, 6.45) is 8.95. The largest absolute Gasteiger partial charge is 0.489 e. The van der Waals surface area contributed by atoms with Crippen LogP contribution in [-0.2, 0) is 9.53 Å². The van der Waals surface area contributed by atoms with Crippen LogP contribution >= 0.6 is 11.6 Å². The Kier molecular flexibility index (Phi) is 8.22. The van der Waals surface area contributed by atoms with E-state index in [0.717, 1.165) is 54.1 Å². The number of carboxylic acid groups (broad SMARTS) is 1. The monoisotopic (exact) mass is 626 g/mol. The van der Waals surface area contributed by atoms with E-state index in [1.807, 2.05) is 82.3 Å². The van der Waals surface area contributed by atoms with Gasteiger partial charge in [-0.15, -0.1) is 0 Å². The van der Waals surface area contributed by atoms with Crippen molar-refractivity contribution < 1.29 is 19.4 Å². The Morgan fingerprint density at radius 2 is 1.84 bits per heavy atom. The van der Waals surface area contributed by atoms with Crippen LogP contribution in [0, 0.1) is 12.3 Å². The molecule has 2 aromatic heterocycles. The van der Waals surface area contributed by atoms with Crippen molar-refractivity contribution in [3.05, 3.63) is 89.1 Å². The number of halogens is 1. The quantitative estimate of drug-likeness (QED) is 0.246. The third-order valence-corrected chi connectivity index (χ3v) is 8.69. The van der Waals surface area contributed by atoms with Gasteiger partial charge in [-0.05, 0) is 81.9 Å². The van der Waals surface area contributed by atoms with E-state index in [1.165, 1.54) is 0 Å². The number of fused-ring (bicyclic) bond motifs is 5. The molecule has 0 saturated carbocycles. The minimum Gasteiger partial charge on any atom is -0.489 e. The average molecular weight is 627 g/mol. The summed E-state index contributed by atoms with van der Waals surface area (Å²) in [5.74, 6) is 0.391. The van der Waals surface area contributed by atoms with Gasteiger partial charge in [0.15, 0.2) is 11.8 Å². The molecule has 3 aliphatic heterocycles. The van der Waals surface area contributed by atoms with Gasteiger partial charge in [0.1, 0.15) is 18.2 Å². The summed E-state index contributed by atoms with van der Waals surface area (Å²) in [7, 11) is 0. The summed E-state index contributed by atoms with van der Waals surface area (Å²) >= 11 is 6.44. The Morgan fingerprint density at radius 1 is 1.09 bits per heavy atom. The smallest absolute Gasteiger partial charge is 0.337 e. The van der Waals surface area contributed by atoms with Gasteiger partial charge in [0.2, 0.25) is 0 Å². The number of hydrogen-bond acceptors (Lipinski definition) is 6. The number of aliphatic carboxylic acids is 1. The molecule has 7 rings (SSSR count). The van der Waals surface area contributed by atoms with E-state index in [2.05, 4.69) is 30.0 Å². The van der Waals surface area contributed by atoms with Crippen LogP contribution in [-0.4, -0.2) is 51.0 Å². The number of ether oxygens (including phenoxy) is 2. The molecule has 9 heteroatoms. The molecule has 45 heavy (non-hydrogen) atoms. The molecule has 0 aliphatic carbocycles. The van der Waals surface area contributed by atoms with Crippen molar-refractivity contribution >= 4 is 29.0 Å². The van der Waals surface area contributed by atoms with Crippen molar-refractivity contribution in [2.24, 2.45) is 5.41 Å². The lowest BCUT2D eigenvalue weighted by atomic mass is 9.80. The molecule has 3 aliphatic rings. The predicted octanol–water partition coefficient (Wildman–Crippen LogP) is 8.08. The number of allylic oxidation sites excluding steroid dienone is 3. The van der Waals surface area contributed by atoms with Crippen molar-refractivity contribution in [1.29, 1.82) is 0 Å². The summed E-state index contributed by atoms with van der Waals surface area (Å²) < 4.78 is 14.2. The lowest BCUT2D eigenvalue weighted by Gasteiger charge is -2.40. The Bertz CT molecular complexity index is 1810. The van der Waals surface area contributed by atoms with E-state index >= 15 is 0 Å². The zero-order valence-corrected chi connectivity index (χ0v) is 27.1. The third-order valence-electron chi connectivity index (χ3n) is 8.46. The molecule has 2 aromatic carbocycles. The van der Waals surface area contributed by atoms with Crippen LogP contribution in [0.25, 0.3) is 28.0 Å². The van der Waals surface area contributed by atoms with E-state index in [1.54, 1.807) is 4.52 Å². The Hall–Kier alpha value is -4.14. The van der Waals surface area contributed by atoms with Crippen LogP contribution in [0.5, 0.6) is 5.75 Å². The number of hydrogen-bond donors (Lipinski definition) is 1. The lowest BCUT2D eigenvalue weighted by Crippen LogP contribution is -2.40. The molecule has 8 nitrogen and oxygen atoms in total. The minimum absolute atomic E-state index is 0.0160. The summed E-state index contributed by atoms with van der Waals surface area (Å²) in [4.78, 5) is 19.9. The minimum atomic E-state index is -1.21. The molecule has 1 N–H and O–H groups in total. The molecule has 6 bridgehead atoms. The molecular weight excluding hydrogens is 588 g/mol. The molecule has 1 saturated heterocycles. The first-order chi connectivity index (χ1) is 21.4. The first kappa shape index (κ1) is 30.9. The van der Waals surface area contributed by atoms with E-state index < -0.39 is 17.7 Å². The average Bonchev–Trinajstić information content (AvgIpc) is 3.41. The van der Waals surface area contributed by atoms with Gasteiger partial charge < -0.3 is 19.5 Å². The van der Waals surface area contributed by atoms with E-state index in [0.29, 0.717) is 34.4 Å². The van der Waals surface area contributed by atoms with Crippen LogP contribution in [0.15, 0.2) is 72.8 Å². The van der Waals surface area contributed by atoms with Gasteiger partial charge >= 0.3 is 5.97 Å². The molecule has 1 unspecified atom stereocenters. The summed E-state index contributed by atoms with van der Waals surface area (Å²) in [5.41, 5.74) is 4.51. The molecule has 4 aromatic rings. The molecule has 0 spiro atoms. The second-order valence-corrected chi connectivity index (χ2v) is 13.6. The first-order valence-corrected chi connectivity index (χ1v) is 15.7. The van der Waals surface area contributed by atoms with Gasteiger partial charge in [-0.3, -0.25) is 0 Å². The van der Waals surface area contributed by atoms with Crippen LogP contribution in [0.1, 0.15) is 57.9 Å². The molecule has 5 heterocycles. The Morgan fingerprint density at radius 3 is 2.58 bits per heavy atom. The zero-order valence-electron chi connectivity index (χ0n) is 26.4. The van der Waals surface area contributed by atoms with Crippen LogP contribution in [0.4, 0.5) is 5.82 Å². The van der Waals surface area contributed by atoms with Crippen molar-refractivity contribution in [1.82, 2.24) is 14.6 Å². The molecule has 1 atom stereocenters. The van der Waals surface area contributed by atoms with Crippen molar-refractivity contribution in [2.45, 2.75) is 59.2 Å². The molecular formula is C36H39ClN4O4. The normalized spacial score (nSPS) is 17.0. The number of rotatable bonds is 3. The van der Waals surface area contributed by atoms with Gasteiger partial charge in [-0.25, -0.2) is 9.78 Å². The SMILES string of the molecule is Cc1nc2cc3nn2c(c1C(OC(C)(C)C)C(=O)O)N1CCC(C)(C=CC=CCOc2ccc(Cl)cc2-c2cccc-3c2)CC1. The van der Waals surface area contributed by atoms with E-state index in [4.69, 9.17) is 31.2 Å². The maximum Gasteiger partial charge on any atom is 0.337 e. The molecule has 1 fully saturated rings. The summed E-state index contributed by atoms with van der Waals surface area (Å²) in [5, 5.41) is 16.1. The lowest BCUT2D eigenvalue weighted by molar-refractivity contribution is -0.160. The van der Waals surface area contributed by atoms with Crippen LogP contribution < -0.4 is 9.64 Å². The number of carbonyl (C=O) groups is 1. The first-order valence-electron chi connectivity index (χ1n) is 15.3. The van der Waals surface area contributed by atoms with E-state index in [-0.39, 0.29) is 5.41 Å².